The number of aromatic carboxylic acids is 1. The largest absolute Gasteiger partial charge is 0.477 e. The lowest BCUT2D eigenvalue weighted by molar-refractivity contribution is 0.0683. The topological polar surface area (TPSA) is 63.1 Å². The Bertz CT molecular complexity index is 734. The lowest BCUT2D eigenvalue weighted by Gasteiger charge is -2.04. The molecule has 0 bridgehead atoms. The summed E-state index contributed by atoms with van der Waals surface area (Å²) in [6.07, 6.45) is 0. The van der Waals surface area contributed by atoms with Crippen LogP contribution in [-0.2, 0) is 0 Å². The van der Waals surface area contributed by atoms with Gasteiger partial charge in [-0.15, -0.1) is 0 Å². The van der Waals surface area contributed by atoms with Crippen molar-refractivity contribution in [1.29, 1.82) is 0 Å². The van der Waals surface area contributed by atoms with E-state index < -0.39 is 38.4 Å². The maximum Gasteiger partial charge on any atom is 0.341 e. The van der Waals surface area contributed by atoms with Crippen LogP contribution < -0.4 is 0 Å². The van der Waals surface area contributed by atoms with E-state index in [1.165, 1.54) is 0 Å². The highest BCUT2D eigenvalue weighted by Crippen LogP contribution is 2.25. The Kier molecular flexibility index (Phi) is 6.64. The zero-order valence-electron chi connectivity index (χ0n) is 13.1. The monoisotopic (exact) mass is 456 g/mol. The Balaban J connectivity index is 0.000000254. The molecule has 0 aliphatic carbocycles. The number of benzene rings is 1. The molecule has 0 saturated heterocycles. The summed E-state index contributed by atoms with van der Waals surface area (Å²) in [5, 5.41) is 8.27. The average molecular weight is 456 g/mol. The number of rotatable bonds is 1. The Morgan fingerprint density at radius 2 is 1.08 bits per heavy atom. The van der Waals surface area contributed by atoms with Gasteiger partial charge in [-0.2, -0.15) is 0 Å². The molecule has 0 amide bonds. The minimum atomic E-state index is -2.06. The molecule has 9 heteroatoms. The van der Waals surface area contributed by atoms with E-state index >= 15 is 0 Å². The third-order valence-electron chi connectivity index (χ3n) is 3.14. The number of hydrogen-bond donors (Lipinski definition) is 1. The number of carboxylic acid groups (broad SMARTS) is 1. The molecule has 0 unspecified atom stereocenters. The molecule has 0 radical (unpaired) electrons. The van der Waals surface area contributed by atoms with Gasteiger partial charge in [-0.25, -0.2) is 22.4 Å². The van der Waals surface area contributed by atoms with Gasteiger partial charge >= 0.3 is 5.97 Å². The Morgan fingerprint density at radius 1 is 0.792 bits per heavy atom. The fourth-order valence-electron chi connectivity index (χ4n) is 1.62. The number of carbonyl (C=O) groups is 1. The minimum absolute atomic E-state index is 0.914. The molecule has 2 rings (SSSR count). The Labute approximate surface area is 149 Å². The minimum Gasteiger partial charge on any atom is -0.477 e. The van der Waals surface area contributed by atoms with Gasteiger partial charge in [0.1, 0.15) is 5.56 Å². The summed E-state index contributed by atoms with van der Waals surface area (Å²) in [5.41, 5.74) is 2.50. The van der Waals surface area contributed by atoms with Crippen LogP contribution in [0.2, 0.25) is 0 Å². The van der Waals surface area contributed by atoms with Crippen molar-refractivity contribution in [3.63, 3.8) is 0 Å². The summed E-state index contributed by atoms with van der Waals surface area (Å²) in [5.74, 6) is -9.28. The van der Waals surface area contributed by atoms with Crippen LogP contribution in [0.4, 0.5) is 17.6 Å². The summed E-state index contributed by atoms with van der Waals surface area (Å²) in [6.45, 7) is 7.92. The predicted molar refractivity (Wildman–Crippen MR) is 86.9 cm³/mol. The Hall–Kier alpha value is -1.78. The summed E-state index contributed by atoms with van der Waals surface area (Å²) in [6, 6.07) is 0. The molecule has 0 aliphatic rings. The van der Waals surface area contributed by atoms with Crippen molar-refractivity contribution in [3.05, 3.63) is 55.2 Å². The molecular formula is C15H13F4IN2O2. The first-order chi connectivity index (χ1) is 11.0. The normalized spacial score (nSPS) is 10.2. The van der Waals surface area contributed by atoms with E-state index in [4.69, 9.17) is 5.11 Å². The van der Waals surface area contributed by atoms with Crippen molar-refractivity contribution >= 4 is 28.6 Å². The van der Waals surface area contributed by atoms with Crippen molar-refractivity contribution in [1.82, 2.24) is 9.97 Å². The highest BCUT2D eigenvalue weighted by Gasteiger charge is 2.27. The van der Waals surface area contributed by atoms with Crippen molar-refractivity contribution in [3.8, 4) is 0 Å². The number of nitrogens with zero attached hydrogens (tertiary/aromatic N) is 2. The lowest BCUT2D eigenvalue weighted by atomic mass is 10.2. The van der Waals surface area contributed by atoms with Crippen molar-refractivity contribution in [2.45, 2.75) is 27.7 Å². The molecule has 0 atom stereocenters. The highest BCUT2D eigenvalue weighted by molar-refractivity contribution is 14.1. The van der Waals surface area contributed by atoms with Crippen molar-refractivity contribution in [2.75, 3.05) is 0 Å². The maximum absolute atomic E-state index is 12.8. The van der Waals surface area contributed by atoms with Crippen LogP contribution >= 0.6 is 22.6 Å². The first kappa shape index (κ1) is 20.3. The van der Waals surface area contributed by atoms with Gasteiger partial charge < -0.3 is 5.11 Å². The van der Waals surface area contributed by atoms with E-state index in [2.05, 4.69) is 9.97 Å². The summed E-state index contributed by atoms with van der Waals surface area (Å²) in [4.78, 5) is 18.9. The molecule has 1 heterocycles. The van der Waals surface area contributed by atoms with Crippen molar-refractivity contribution < 1.29 is 27.5 Å². The van der Waals surface area contributed by atoms with Gasteiger partial charge in [0.15, 0.2) is 23.3 Å². The van der Waals surface area contributed by atoms with E-state index in [-0.39, 0.29) is 0 Å². The fraction of sp³-hybridized carbons (Fsp3) is 0.267. The summed E-state index contributed by atoms with van der Waals surface area (Å²) >= 11 is 1.04. The number of carboxylic acids is 1. The second-order valence-corrected chi connectivity index (χ2v) is 5.89. The number of aryl methyl sites for hydroxylation is 4. The molecule has 130 valence electrons. The molecule has 1 N–H and O–H groups in total. The first-order valence-electron chi connectivity index (χ1n) is 6.52. The molecule has 4 nitrogen and oxygen atoms in total. The molecule has 24 heavy (non-hydrogen) atoms. The van der Waals surface area contributed by atoms with Crippen LogP contribution in [0.1, 0.15) is 33.1 Å². The van der Waals surface area contributed by atoms with E-state index in [1.54, 1.807) is 0 Å². The van der Waals surface area contributed by atoms with Gasteiger partial charge in [-0.05, 0) is 50.3 Å². The predicted octanol–water partition coefficient (Wildman–Crippen LogP) is 4.26. The van der Waals surface area contributed by atoms with E-state index in [0.717, 1.165) is 45.4 Å². The summed E-state index contributed by atoms with van der Waals surface area (Å²) < 4.78 is 50.1. The van der Waals surface area contributed by atoms with Gasteiger partial charge in [0, 0.05) is 0 Å². The maximum atomic E-state index is 12.8. The van der Waals surface area contributed by atoms with Crippen LogP contribution in [0.5, 0.6) is 0 Å². The number of aromatic nitrogens is 2. The molecule has 0 aliphatic heterocycles. The standard InChI is InChI=1S/C8H12N2.C7HF4IO2/c1-5-6(2)10-8(4)7(3)9-5;8-2-1(7(13)14)3(9)5(11)6(12)4(2)10/h1-4H3;(H,13,14). The smallest absolute Gasteiger partial charge is 0.341 e. The van der Waals surface area contributed by atoms with Crippen molar-refractivity contribution in [2.24, 2.45) is 0 Å². The Morgan fingerprint density at radius 3 is 1.33 bits per heavy atom. The zero-order chi connectivity index (χ0) is 18.8. The van der Waals surface area contributed by atoms with Gasteiger partial charge in [0.2, 0.25) is 0 Å². The van der Waals surface area contributed by atoms with Gasteiger partial charge in [0.05, 0.1) is 26.3 Å². The molecule has 0 fully saturated rings. The molecule has 0 saturated carbocycles. The quantitative estimate of drug-likeness (QED) is 0.302. The second-order valence-electron chi connectivity index (χ2n) is 4.82. The second kappa shape index (κ2) is 7.86. The molecule has 1 aromatic carbocycles. The third-order valence-corrected chi connectivity index (χ3v) is 4.09. The molecule has 0 spiro atoms. The van der Waals surface area contributed by atoms with Gasteiger partial charge in [0.25, 0.3) is 0 Å². The third kappa shape index (κ3) is 4.19. The van der Waals surface area contributed by atoms with Gasteiger partial charge in [-0.1, -0.05) is 0 Å². The van der Waals surface area contributed by atoms with Crippen LogP contribution in [0.3, 0.4) is 0 Å². The molecule has 1 aromatic heterocycles. The zero-order valence-corrected chi connectivity index (χ0v) is 15.3. The lowest BCUT2D eigenvalue weighted by Crippen LogP contribution is -2.11. The van der Waals surface area contributed by atoms with E-state index in [1.807, 2.05) is 27.7 Å². The SMILES string of the molecule is Cc1nc(C)c(C)nc1C.O=C(O)c1c(F)c(F)c(I)c(F)c1F. The van der Waals surface area contributed by atoms with Crippen LogP contribution in [-0.4, -0.2) is 21.0 Å². The highest BCUT2D eigenvalue weighted by atomic mass is 127. The van der Waals surface area contributed by atoms with Crippen LogP contribution in [0.25, 0.3) is 0 Å². The first-order valence-corrected chi connectivity index (χ1v) is 7.60. The fourth-order valence-corrected chi connectivity index (χ4v) is 2.09. The van der Waals surface area contributed by atoms with E-state index in [0.29, 0.717) is 0 Å². The van der Waals surface area contributed by atoms with E-state index in [9.17, 15) is 22.4 Å². The molecular weight excluding hydrogens is 443 g/mol. The van der Waals surface area contributed by atoms with Crippen LogP contribution in [0.15, 0.2) is 0 Å². The number of halogens is 5. The van der Waals surface area contributed by atoms with Gasteiger partial charge in [-0.3, -0.25) is 9.97 Å². The number of hydrogen-bond acceptors (Lipinski definition) is 3. The summed E-state index contributed by atoms with van der Waals surface area (Å²) in [7, 11) is 0. The molecule has 2 aromatic rings. The average Bonchev–Trinajstić information content (AvgIpc) is 2.49. The van der Waals surface area contributed by atoms with Crippen LogP contribution in [0, 0.1) is 54.5 Å².